The predicted molar refractivity (Wildman–Crippen MR) is 72.9 cm³/mol. The molecular formula is C11H19ClN4S. The van der Waals surface area contributed by atoms with Gasteiger partial charge in [-0.1, -0.05) is 13.8 Å². The van der Waals surface area contributed by atoms with Crippen molar-refractivity contribution in [2.24, 2.45) is 0 Å². The molecule has 96 valence electrons. The molecule has 0 radical (unpaired) electrons. The predicted octanol–water partition coefficient (Wildman–Crippen LogP) is 2.10. The summed E-state index contributed by atoms with van der Waals surface area (Å²) in [6, 6.07) is 0. The number of rotatable bonds is 4. The molecule has 0 unspecified atom stereocenters. The van der Waals surface area contributed by atoms with Crippen LogP contribution in [0.4, 0.5) is 0 Å². The maximum Gasteiger partial charge on any atom is 0.225 e. The van der Waals surface area contributed by atoms with E-state index in [1.165, 1.54) is 24.6 Å². The van der Waals surface area contributed by atoms with Crippen LogP contribution in [-0.4, -0.2) is 50.8 Å². The van der Waals surface area contributed by atoms with E-state index in [-0.39, 0.29) is 0 Å². The van der Waals surface area contributed by atoms with E-state index in [1.807, 2.05) is 16.3 Å². The van der Waals surface area contributed by atoms with Gasteiger partial charge >= 0.3 is 0 Å². The standard InChI is InChI=1S/C11H19ClN4S/c1-9(2)10-13-14-11(12)16(10)4-3-15-5-7-17-8-6-15/h9H,3-8H2,1-2H3. The highest BCUT2D eigenvalue weighted by molar-refractivity contribution is 7.99. The highest BCUT2D eigenvalue weighted by Crippen LogP contribution is 2.17. The Morgan fingerprint density at radius 2 is 1.94 bits per heavy atom. The molecule has 0 spiro atoms. The Labute approximate surface area is 112 Å². The van der Waals surface area contributed by atoms with Crippen LogP contribution in [0.2, 0.25) is 5.28 Å². The van der Waals surface area contributed by atoms with Crippen molar-refractivity contribution in [1.29, 1.82) is 0 Å². The van der Waals surface area contributed by atoms with E-state index in [9.17, 15) is 0 Å². The molecule has 1 aliphatic rings. The van der Waals surface area contributed by atoms with Crippen LogP contribution in [0.15, 0.2) is 0 Å². The summed E-state index contributed by atoms with van der Waals surface area (Å²) in [5, 5.41) is 8.61. The first kappa shape index (κ1) is 13.2. The first-order valence-electron chi connectivity index (χ1n) is 6.07. The zero-order valence-corrected chi connectivity index (χ0v) is 12.0. The molecule has 2 rings (SSSR count). The fourth-order valence-electron chi connectivity index (χ4n) is 2.00. The van der Waals surface area contributed by atoms with Gasteiger partial charge in [-0.15, -0.1) is 10.2 Å². The van der Waals surface area contributed by atoms with Gasteiger partial charge in [0, 0.05) is 43.6 Å². The Morgan fingerprint density at radius 1 is 1.24 bits per heavy atom. The lowest BCUT2D eigenvalue weighted by Crippen LogP contribution is -2.35. The van der Waals surface area contributed by atoms with Gasteiger partial charge in [-0.2, -0.15) is 11.8 Å². The molecule has 0 atom stereocenters. The zero-order chi connectivity index (χ0) is 12.3. The third-order valence-corrected chi connectivity index (χ3v) is 4.22. The molecule has 1 saturated heterocycles. The van der Waals surface area contributed by atoms with Gasteiger partial charge < -0.3 is 4.57 Å². The molecule has 1 aromatic rings. The van der Waals surface area contributed by atoms with Crippen molar-refractivity contribution in [2.75, 3.05) is 31.1 Å². The summed E-state index contributed by atoms with van der Waals surface area (Å²) in [6.45, 7) is 8.54. The molecule has 6 heteroatoms. The largest absolute Gasteiger partial charge is 0.300 e. The number of thioether (sulfide) groups is 1. The molecule has 4 nitrogen and oxygen atoms in total. The van der Waals surface area contributed by atoms with E-state index in [4.69, 9.17) is 11.6 Å². The zero-order valence-electron chi connectivity index (χ0n) is 10.4. The minimum absolute atomic E-state index is 0.368. The van der Waals surface area contributed by atoms with Crippen LogP contribution in [0.3, 0.4) is 0 Å². The smallest absolute Gasteiger partial charge is 0.225 e. The van der Waals surface area contributed by atoms with Crippen LogP contribution in [0.1, 0.15) is 25.6 Å². The monoisotopic (exact) mass is 274 g/mol. The van der Waals surface area contributed by atoms with Crippen LogP contribution in [0.5, 0.6) is 0 Å². The van der Waals surface area contributed by atoms with Gasteiger partial charge in [0.25, 0.3) is 0 Å². The van der Waals surface area contributed by atoms with Crippen LogP contribution in [0.25, 0.3) is 0 Å². The molecule has 0 aliphatic carbocycles. The van der Waals surface area contributed by atoms with Gasteiger partial charge in [0.1, 0.15) is 5.82 Å². The van der Waals surface area contributed by atoms with Crippen molar-refractivity contribution < 1.29 is 0 Å². The SMILES string of the molecule is CC(C)c1nnc(Cl)n1CCN1CCSCC1. The van der Waals surface area contributed by atoms with E-state index in [0.717, 1.165) is 18.9 Å². The van der Waals surface area contributed by atoms with Crippen molar-refractivity contribution in [2.45, 2.75) is 26.3 Å². The number of hydrogen-bond acceptors (Lipinski definition) is 4. The Bertz CT molecular complexity index is 360. The maximum absolute atomic E-state index is 6.07. The Hall–Kier alpha value is -0.260. The lowest BCUT2D eigenvalue weighted by Gasteiger charge is -2.26. The lowest BCUT2D eigenvalue weighted by molar-refractivity contribution is 0.287. The number of halogens is 1. The number of aromatic nitrogens is 3. The maximum atomic E-state index is 6.07. The second kappa shape index (κ2) is 6.07. The molecule has 1 aliphatic heterocycles. The van der Waals surface area contributed by atoms with E-state index in [1.54, 1.807) is 0 Å². The van der Waals surface area contributed by atoms with Crippen molar-refractivity contribution in [3.05, 3.63) is 11.1 Å². The van der Waals surface area contributed by atoms with E-state index in [2.05, 4.69) is 28.9 Å². The summed E-state index contributed by atoms with van der Waals surface area (Å²) in [4.78, 5) is 2.48. The first-order chi connectivity index (χ1) is 8.18. The summed E-state index contributed by atoms with van der Waals surface area (Å²) in [6.07, 6.45) is 0. The lowest BCUT2D eigenvalue weighted by atomic mass is 10.2. The third kappa shape index (κ3) is 3.36. The Balaban J connectivity index is 1.95. The van der Waals surface area contributed by atoms with E-state index < -0.39 is 0 Å². The molecule has 0 aromatic carbocycles. The fraction of sp³-hybridized carbons (Fsp3) is 0.818. The summed E-state index contributed by atoms with van der Waals surface area (Å²) in [5.41, 5.74) is 0. The van der Waals surface area contributed by atoms with E-state index >= 15 is 0 Å². The highest BCUT2D eigenvalue weighted by atomic mass is 35.5. The summed E-state index contributed by atoms with van der Waals surface area (Å²) >= 11 is 8.11. The molecule has 0 bridgehead atoms. The first-order valence-corrected chi connectivity index (χ1v) is 7.60. The van der Waals surface area contributed by atoms with E-state index in [0.29, 0.717) is 11.2 Å². The van der Waals surface area contributed by atoms with Crippen molar-refractivity contribution >= 4 is 23.4 Å². The normalized spacial score (nSPS) is 17.9. The molecule has 1 aromatic heterocycles. The minimum Gasteiger partial charge on any atom is -0.300 e. The number of hydrogen-bond donors (Lipinski definition) is 0. The summed E-state index contributed by atoms with van der Waals surface area (Å²) < 4.78 is 2.04. The van der Waals surface area contributed by atoms with Crippen LogP contribution in [-0.2, 0) is 6.54 Å². The molecule has 0 saturated carbocycles. The van der Waals surface area contributed by atoms with Gasteiger partial charge in [0.15, 0.2) is 0 Å². The Kier molecular flexibility index (Phi) is 4.70. The van der Waals surface area contributed by atoms with Crippen LogP contribution < -0.4 is 0 Å². The second-order valence-electron chi connectivity index (χ2n) is 4.59. The molecule has 2 heterocycles. The molecule has 0 N–H and O–H groups in total. The third-order valence-electron chi connectivity index (χ3n) is 2.99. The quantitative estimate of drug-likeness (QED) is 0.842. The number of nitrogens with zero attached hydrogens (tertiary/aromatic N) is 4. The molecule has 0 amide bonds. The molecule has 1 fully saturated rings. The van der Waals surface area contributed by atoms with Crippen LogP contribution >= 0.6 is 23.4 Å². The van der Waals surface area contributed by atoms with Gasteiger partial charge in [-0.3, -0.25) is 4.90 Å². The summed E-state index contributed by atoms with van der Waals surface area (Å²) in [7, 11) is 0. The highest BCUT2D eigenvalue weighted by Gasteiger charge is 2.15. The van der Waals surface area contributed by atoms with Crippen LogP contribution in [0, 0.1) is 0 Å². The van der Waals surface area contributed by atoms with Crippen molar-refractivity contribution in [1.82, 2.24) is 19.7 Å². The topological polar surface area (TPSA) is 34.0 Å². The molecular weight excluding hydrogens is 256 g/mol. The minimum atomic E-state index is 0.368. The van der Waals surface area contributed by atoms with Gasteiger partial charge in [0.05, 0.1) is 0 Å². The van der Waals surface area contributed by atoms with Crippen molar-refractivity contribution in [3.63, 3.8) is 0 Å². The molecule has 17 heavy (non-hydrogen) atoms. The van der Waals surface area contributed by atoms with Gasteiger partial charge in [-0.25, -0.2) is 0 Å². The fourth-order valence-corrected chi connectivity index (χ4v) is 3.18. The summed E-state index contributed by atoms with van der Waals surface area (Å²) in [5.74, 6) is 3.84. The van der Waals surface area contributed by atoms with Crippen molar-refractivity contribution in [3.8, 4) is 0 Å². The Morgan fingerprint density at radius 3 is 2.59 bits per heavy atom. The van der Waals surface area contributed by atoms with Gasteiger partial charge in [-0.05, 0) is 11.6 Å². The second-order valence-corrected chi connectivity index (χ2v) is 6.15. The average Bonchev–Trinajstić information content (AvgIpc) is 2.69. The van der Waals surface area contributed by atoms with Gasteiger partial charge in [0.2, 0.25) is 5.28 Å². The average molecular weight is 275 g/mol.